The Bertz CT molecular complexity index is 107. The van der Waals surface area contributed by atoms with E-state index < -0.39 is 24.8 Å². The van der Waals surface area contributed by atoms with Gasteiger partial charge in [0, 0.05) is 6.42 Å². The van der Waals surface area contributed by atoms with Crippen molar-refractivity contribution in [2.24, 2.45) is 0 Å². The molecule has 0 aromatic rings. The Morgan fingerprint density at radius 3 is 1.80 bits per heavy atom. The van der Waals surface area contributed by atoms with Gasteiger partial charge in [-0.3, -0.25) is 4.79 Å². The average molecular weight is 178 g/mol. The molecule has 0 unspecified atom stereocenters. The third-order valence-corrected chi connectivity index (χ3v) is 0.674. The normalized spacial score (nSPS) is 10.3. The topological polar surface area (TPSA) is 98.0 Å². The zero-order chi connectivity index (χ0) is 7.49. The molecule has 0 bridgehead atoms. The molecule has 0 aliphatic rings. The molecule has 0 saturated carbocycles. The Labute approximate surface area is 87.3 Å². The van der Waals surface area contributed by atoms with Gasteiger partial charge in [0.15, 0.2) is 0 Å². The number of carboxylic acids is 1. The first-order chi connectivity index (χ1) is 3.92. The Kier molecular flexibility index (Phi) is 6.99. The molecule has 4 N–H and O–H groups in total. The van der Waals surface area contributed by atoms with Crippen LogP contribution in [0.25, 0.3) is 0 Å². The van der Waals surface area contributed by atoms with Crippen LogP contribution in [0.3, 0.4) is 0 Å². The van der Waals surface area contributed by atoms with E-state index in [1.165, 1.54) is 0 Å². The van der Waals surface area contributed by atoms with Gasteiger partial charge in [-0.25, -0.2) is 0 Å². The van der Waals surface area contributed by atoms with Gasteiger partial charge < -0.3 is 20.4 Å². The summed E-state index contributed by atoms with van der Waals surface area (Å²) in [4.78, 5) is 9.71. The Balaban J connectivity index is 0. The van der Waals surface area contributed by atoms with Crippen LogP contribution in [0.2, 0.25) is 0 Å². The summed E-state index contributed by atoms with van der Waals surface area (Å²) in [5, 5.41) is 32.3. The second-order valence-electron chi connectivity index (χ2n) is 1.67. The maximum atomic E-state index is 9.71. The molecule has 0 heterocycles. The van der Waals surface area contributed by atoms with E-state index in [2.05, 4.69) is 0 Å². The molecule has 0 radical (unpaired) electrons. The molecule has 0 aromatic heterocycles. The summed E-state index contributed by atoms with van der Waals surface area (Å²) >= 11 is 0. The number of aliphatic carboxylic acids is 1. The van der Waals surface area contributed by atoms with E-state index in [1.54, 1.807) is 0 Å². The monoisotopic (exact) mass is 178 g/mol. The van der Waals surface area contributed by atoms with Gasteiger partial charge in [0.05, 0.1) is 6.42 Å². The number of rotatable bonds is 3. The molecule has 0 aromatic carbocycles. The first-order valence-electron chi connectivity index (χ1n) is 2.31. The fourth-order valence-corrected chi connectivity index (χ4v) is 0.275. The fraction of sp³-hybridized carbons (Fsp3) is 0.750. The maximum absolute atomic E-state index is 9.71. The van der Waals surface area contributed by atoms with E-state index in [0.29, 0.717) is 0 Å². The van der Waals surface area contributed by atoms with Crippen molar-refractivity contribution in [2.75, 3.05) is 0 Å². The summed E-state index contributed by atoms with van der Waals surface area (Å²) in [6, 6.07) is 0. The predicted octanol–water partition coefficient (Wildman–Crippen LogP) is -2.43. The Morgan fingerprint density at radius 1 is 1.30 bits per heavy atom. The van der Waals surface area contributed by atoms with Crippen molar-refractivity contribution in [1.29, 1.82) is 0 Å². The van der Waals surface area contributed by atoms with Gasteiger partial charge in [0.2, 0.25) is 0 Å². The van der Waals surface area contributed by atoms with Gasteiger partial charge in [0.25, 0.3) is 5.97 Å². The van der Waals surface area contributed by atoms with Crippen molar-refractivity contribution in [1.82, 2.24) is 0 Å². The summed E-state index contributed by atoms with van der Waals surface area (Å²) < 4.78 is 0. The Morgan fingerprint density at radius 2 is 1.70 bits per heavy atom. The molecule has 0 aliphatic carbocycles. The molecular weight excluding hydrogens is 168 g/mol. The first kappa shape index (κ1) is 13.2. The quantitative estimate of drug-likeness (QED) is 0.284. The van der Waals surface area contributed by atoms with Crippen LogP contribution in [0.4, 0.5) is 0 Å². The third kappa shape index (κ3) is 11.4. The molecule has 6 heteroatoms. The third-order valence-electron chi connectivity index (χ3n) is 0.674. The number of hydrogen-bond acceptors (Lipinski definition) is 4. The van der Waals surface area contributed by atoms with Crippen LogP contribution in [-0.4, -0.2) is 70.1 Å². The minimum atomic E-state index is -2.85. The molecule has 0 rings (SSSR count). The molecule has 0 atom stereocenters. The standard InChI is InChI=1S/C4H8O5.Ca.2H/c5-3(6)1-2-4(7,8)9;;;/h7-9H,1-2H2,(H,5,6);;;. The van der Waals surface area contributed by atoms with Crippen LogP contribution >= 0.6 is 0 Å². The van der Waals surface area contributed by atoms with E-state index in [9.17, 15) is 4.79 Å². The summed E-state index contributed by atoms with van der Waals surface area (Å²) in [5.74, 6) is -4.03. The van der Waals surface area contributed by atoms with E-state index in [4.69, 9.17) is 20.4 Å². The number of carbonyl (C=O) groups is 1. The number of carboxylic acid groups (broad SMARTS) is 1. The average Bonchev–Trinajstić information content (AvgIpc) is 1.59. The van der Waals surface area contributed by atoms with Crippen LogP contribution in [-0.2, 0) is 4.79 Å². The molecule has 0 saturated heterocycles. The second kappa shape index (κ2) is 5.29. The number of hydrogen-bond donors (Lipinski definition) is 4. The van der Waals surface area contributed by atoms with Gasteiger partial charge in [-0.15, -0.1) is 0 Å². The van der Waals surface area contributed by atoms with E-state index in [0.717, 1.165) is 0 Å². The summed E-state index contributed by atoms with van der Waals surface area (Å²) in [6.07, 6.45) is -1.05. The van der Waals surface area contributed by atoms with Crippen molar-refractivity contribution >= 4 is 43.7 Å². The van der Waals surface area contributed by atoms with Crippen molar-refractivity contribution in [3.05, 3.63) is 0 Å². The van der Waals surface area contributed by atoms with Gasteiger partial charge >= 0.3 is 43.7 Å². The zero-order valence-electron chi connectivity index (χ0n) is 4.61. The SMILES string of the molecule is O=C(O)CCC(O)(O)O.[CaH2]. The molecule has 5 nitrogen and oxygen atoms in total. The van der Waals surface area contributed by atoms with E-state index >= 15 is 0 Å². The summed E-state index contributed by atoms with van der Waals surface area (Å²) in [5.41, 5.74) is 0. The van der Waals surface area contributed by atoms with Gasteiger partial charge in [0.1, 0.15) is 0 Å². The van der Waals surface area contributed by atoms with Crippen LogP contribution in [0.5, 0.6) is 0 Å². The first-order valence-corrected chi connectivity index (χ1v) is 2.31. The fourth-order valence-electron chi connectivity index (χ4n) is 0.275. The van der Waals surface area contributed by atoms with Crippen molar-refractivity contribution in [2.45, 2.75) is 18.8 Å². The van der Waals surface area contributed by atoms with Crippen molar-refractivity contribution < 1.29 is 25.2 Å². The van der Waals surface area contributed by atoms with Crippen LogP contribution in [0.15, 0.2) is 0 Å². The van der Waals surface area contributed by atoms with Gasteiger partial charge in [-0.05, 0) is 0 Å². The summed E-state index contributed by atoms with van der Waals surface area (Å²) in [6.45, 7) is 0. The molecule has 10 heavy (non-hydrogen) atoms. The predicted molar refractivity (Wildman–Crippen MR) is 34.8 cm³/mol. The second-order valence-corrected chi connectivity index (χ2v) is 1.67. The van der Waals surface area contributed by atoms with Crippen LogP contribution < -0.4 is 0 Å². The van der Waals surface area contributed by atoms with Crippen molar-refractivity contribution in [3.8, 4) is 0 Å². The van der Waals surface area contributed by atoms with Crippen molar-refractivity contribution in [3.63, 3.8) is 0 Å². The summed E-state index contributed by atoms with van der Waals surface area (Å²) in [7, 11) is 0. The van der Waals surface area contributed by atoms with E-state index in [1.807, 2.05) is 0 Å². The molecule has 0 aliphatic heterocycles. The van der Waals surface area contributed by atoms with Crippen LogP contribution in [0.1, 0.15) is 12.8 Å². The Hall–Kier alpha value is 0.610. The minimum absolute atomic E-state index is 0. The zero-order valence-corrected chi connectivity index (χ0v) is 4.61. The molecular formula is C4H10CaO5. The molecule has 0 amide bonds. The number of aliphatic hydroxyl groups is 3. The van der Waals surface area contributed by atoms with E-state index in [-0.39, 0.29) is 37.7 Å². The molecule has 0 spiro atoms. The van der Waals surface area contributed by atoms with Gasteiger partial charge in [-0.1, -0.05) is 0 Å². The molecule has 58 valence electrons. The van der Waals surface area contributed by atoms with Gasteiger partial charge in [-0.2, -0.15) is 0 Å². The van der Waals surface area contributed by atoms with Crippen LogP contribution in [0, 0.1) is 0 Å². The molecule has 0 fully saturated rings.